The summed E-state index contributed by atoms with van der Waals surface area (Å²) in [6, 6.07) is 4.02. The van der Waals surface area contributed by atoms with Gasteiger partial charge in [-0.1, -0.05) is 5.16 Å². The van der Waals surface area contributed by atoms with Gasteiger partial charge in [-0.25, -0.2) is 0 Å². The van der Waals surface area contributed by atoms with Crippen molar-refractivity contribution in [3.05, 3.63) is 23.8 Å². The summed E-state index contributed by atoms with van der Waals surface area (Å²) in [7, 11) is 3.92. The van der Waals surface area contributed by atoms with E-state index in [2.05, 4.69) is 30.1 Å². The van der Waals surface area contributed by atoms with Crippen LogP contribution in [-0.4, -0.2) is 65.5 Å². The lowest BCUT2D eigenvalue weighted by molar-refractivity contribution is 0.215. The monoisotopic (exact) mass is 303 g/mol. The maximum absolute atomic E-state index is 5.17. The van der Waals surface area contributed by atoms with Crippen LogP contribution in [0.25, 0.3) is 0 Å². The average molecular weight is 303 g/mol. The largest absolute Gasteiger partial charge is 0.361 e. The molecule has 0 aliphatic carbocycles. The lowest BCUT2D eigenvalue weighted by Gasteiger charge is -2.34. The minimum absolute atomic E-state index is 0.682. The lowest BCUT2D eigenvalue weighted by Crippen LogP contribution is -2.46. The summed E-state index contributed by atoms with van der Waals surface area (Å²) in [5.74, 6) is 3.17. The fourth-order valence-corrected chi connectivity index (χ4v) is 2.46. The van der Waals surface area contributed by atoms with Gasteiger partial charge in [-0.3, -0.25) is 4.90 Å². The van der Waals surface area contributed by atoms with Crippen LogP contribution in [0.5, 0.6) is 0 Å². The van der Waals surface area contributed by atoms with E-state index in [1.165, 1.54) is 0 Å². The van der Waals surface area contributed by atoms with Crippen molar-refractivity contribution in [2.75, 3.05) is 50.1 Å². The van der Waals surface area contributed by atoms with Crippen molar-refractivity contribution in [3.8, 4) is 0 Å². The molecule has 0 amide bonds. The lowest BCUT2D eigenvalue weighted by atomic mass is 10.3. The number of nitrogens with zero attached hydrogens (tertiary/aromatic N) is 7. The van der Waals surface area contributed by atoms with Crippen molar-refractivity contribution in [2.45, 2.75) is 13.5 Å². The molecule has 0 aromatic carbocycles. The van der Waals surface area contributed by atoms with Crippen molar-refractivity contribution < 1.29 is 4.52 Å². The molecule has 3 heterocycles. The average Bonchev–Trinajstić information content (AvgIpc) is 2.93. The van der Waals surface area contributed by atoms with Crippen LogP contribution >= 0.6 is 0 Å². The summed E-state index contributed by atoms with van der Waals surface area (Å²) in [5.41, 5.74) is 0. The number of piperazine rings is 1. The number of anilines is 2. The summed E-state index contributed by atoms with van der Waals surface area (Å²) in [6.45, 7) is 6.27. The van der Waals surface area contributed by atoms with E-state index in [-0.39, 0.29) is 0 Å². The van der Waals surface area contributed by atoms with Crippen LogP contribution in [0.3, 0.4) is 0 Å². The maximum atomic E-state index is 5.17. The van der Waals surface area contributed by atoms with Crippen molar-refractivity contribution in [2.24, 2.45) is 0 Å². The van der Waals surface area contributed by atoms with E-state index in [4.69, 9.17) is 4.52 Å². The molecule has 0 N–H and O–H groups in total. The topological polar surface area (TPSA) is 74.4 Å². The van der Waals surface area contributed by atoms with E-state index in [1.54, 1.807) is 0 Å². The van der Waals surface area contributed by atoms with Gasteiger partial charge in [-0.15, -0.1) is 10.2 Å². The Kier molecular flexibility index (Phi) is 4.19. The van der Waals surface area contributed by atoms with Gasteiger partial charge in [0.15, 0.2) is 17.5 Å². The van der Waals surface area contributed by atoms with Gasteiger partial charge in [0.2, 0.25) is 5.89 Å². The van der Waals surface area contributed by atoms with E-state index >= 15 is 0 Å². The van der Waals surface area contributed by atoms with Crippen LogP contribution in [0, 0.1) is 6.92 Å². The highest BCUT2D eigenvalue weighted by Gasteiger charge is 2.20. The van der Waals surface area contributed by atoms with Crippen LogP contribution in [0.2, 0.25) is 0 Å². The van der Waals surface area contributed by atoms with E-state index in [1.807, 2.05) is 38.1 Å². The molecule has 1 fully saturated rings. The third-order valence-corrected chi connectivity index (χ3v) is 3.72. The molecule has 8 heteroatoms. The smallest absolute Gasteiger partial charge is 0.240 e. The van der Waals surface area contributed by atoms with Crippen LogP contribution in [0.1, 0.15) is 11.7 Å². The SMILES string of the molecule is Cc1noc(CN2CCN(c3ccc(N(C)C)nn3)CC2)n1. The number of hydrogen-bond acceptors (Lipinski definition) is 8. The van der Waals surface area contributed by atoms with Gasteiger partial charge >= 0.3 is 0 Å². The van der Waals surface area contributed by atoms with Crippen molar-refractivity contribution in [3.63, 3.8) is 0 Å². The van der Waals surface area contributed by atoms with E-state index in [9.17, 15) is 0 Å². The van der Waals surface area contributed by atoms with Crippen LogP contribution in [0.4, 0.5) is 11.6 Å². The Bertz CT molecular complexity index is 602. The second kappa shape index (κ2) is 6.27. The van der Waals surface area contributed by atoms with Gasteiger partial charge in [-0.2, -0.15) is 4.98 Å². The molecule has 1 aliphatic heterocycles. The number of aromatic nitrogens is 4. The molecule has 0 saturated carbocycles. The summed E-state index contributed by atoms with van der Waals surface area (Å²) in [5, 5.41) is 12.4. The molecule has 0 bridgehead atoms. The van der Waals surface area contributed by atoms with Crippen molar-refractivity contribution in [1.82, 2.24) is 25.2 Å². The molecule has 8 nitrogen and oxygen atoms in total. The molecule has 0 unspecified atom stereocenters. The summed E-state index contributed by atoms with van der Waals surface area (Å²) in [6.07, 6.45) is 0. The van der Waals surface area contributed by atoms with Gasteiger partial charge in [0, 0.05) is 40.3 Å². The second-order valence-corrected chi connectivity index (χ2v) is 5.64. The first-order chi connectivity index (χ1) is 10.6. The molecular weight excluding hydrogens is 282 g/mol. The summed E-state index contributed by atoms with van der Waals surface area (Å²) in [4.78, 5) is 10.8. The molecule has 1 saturated heterocycles. The first kappa shape index (κ1) is 14.7. The zero-order valence-electron chi connectivity index (χ0n) is 13.2. The third-order valence-electron chi connectivity index (χ3n) is 3.72. The predicted octanol–water partition coefficient (Wildman–Crippen LogP) is 0.556. The van der Waals surface area contributed by atoms with Crippen LogP contribution in [-0.2, 0) is 6.54 Å². The fourth-order valence-electron chi connectivity index (χ4n) is 2.46. The Labute approximate surface area is 129 Å². The quantitative estimate of drug-likeness (QED) is 0.811. The minimum atomic E-state index is 0.682. The van der Waals surface area contributed by atoms with Crippen LogP contribution in [0.15, 0.2) is 16.7 Å². The van der Waals surface area contributed by atoms with Gasteiger partial charge in [-0.05, 0) is 19.1 Å². The highest BCUT2D eigenvalue weighted by atomic mass is 16.5. The van der Waals surface area contributed by atoms with Gasteiger partial charge in [0.25, 0.3) is 0 Å². The van der Waals surface area contributed by atoms with Gasteiger partial charge in [0.05, 0.1) is 6.54 Å². The van der Waals surface area contributed by atoms with Crippen molar-refractivity contribution >= 4 is 11.6 Å². The molecule has 0 spiro atoms. The number of rotatable bonds is 4. The summed E-state index contributed by atoms with van der Waals surface area (Å²) >= 11 is 0. The Hall–Kier alpha value is -2.22. The minimum Gasteiger partial charge on any atom is -0.361 e. The third kappa shape index (κ3) is 3.33. The molecular formula is C14H21N7O. The predicted molar refractivity (Wildman–Crippen MR) is 82.9 cm³/mol. The zero-order chi connectivity index (χ0) is 15.5. The Morgan fingerprint density at radius 1 is 1.14 bits per heavy atom. The van der Waals surface area contributed by atoms with Crippen molar-refractivity contribution in [1.29, 1.82) is 0 Å². The van der Waals surface area contributed by atoms with E-state index < -0.39 is 0 Å². The highest BCUT2D eigenvalue weighted by Crippen LogP contribution is 2.16. The Morgan fingerprint density at radius 2 is 1.91 bits per heavy atom. The molecule has 3 rings (SSSR count). The molecule has 22 heavy (non-hydrogen) atoms. The highest BCUT2D eigenvalue weighted by molar-refractivity contribution is 5.44. The maximum Gasteiger partial charge on any atom is 0.240 e. The first-order valence-corrected chi connectivity index (χ1v) is 7.39. The van der Waals surface area contributed by atoms with Crippen LogP contribution < -0.4 is 9.80 Å². The normalized spacial score (nSPS) is 16.0. The Balaban J connectivity index is 1.54. The molecule has 1 aliphatic rings. The Morgan fingerprint density at radius 3 is 2.45 bits per heavy atom. The summed E-state index contributed by atoms with van der Waals surface area (Å²) < 4.78 is 5.17. The molecule has 118 valence electrons. The van der Waals surface area contributed by atoms with E-state index in [0.29, 0.717) is 18.3 Å². The fraction of sp³-hybridized carbons (Fsp3) is 0.571. The second-order valence-electron chi connectivity index (χ2n) is 5.64. The van der Waals surface area contributed by atoms with Gasteiger partial charge < -0.3 is 14.3 Å². The first-order valence-electron chi connectivity index (χ1n) is 7.39. The molecule has 0 atom stereocenters. The molecule has 2 aromatic heterocycles. The van der Waals surface area contributed by atoms with Gasteiger partial charge in [0.1, 0.15) is 0 Å². The molecule has 2 aromatic rings. The molecule has 0 radical (unpaired) electrons. The zero-order valence-corrected chi connectivity index (χ0v) is 13.2. The number of hydrogen-bond donors (Lipinski definition) is 0. The number of aryl methyl sites for hydroxylation is 1. The standard InChI is InChI=1S/C14H21N7O/c1-11-15-14(22-18-11)10-20-6-8-21(9-7-20)13-5-4-12(16-17-13)19(2)3/h4-5H,6-10H2,1-3H3. The van der Waals surface area contributed by atoms with E-state index in [0.717, 1.165) is 37.8 Å².